The number of aromatic nitrogens is 4. The molecule has 0 atom stereocenters. The molecule has 4 heterocycles. The summed E-state index contributed by atoms with van der Waals surface area (Å²) >= 11 is 0. The van der Waals surface area contributed by atoms with Crippen molar-refractivity contribution in [3.63, 3.8) is 0 Å². The highest BCUT2D eigenvalue weighted by molar-refractivity contribution is 5.98. The number of fused-ring (bicyclic) bond motifs is 1. The third kappa shape index (κ3) is 4.32. The average molecular weight is 493 g/mol. The molecule has 1 saturated heterocycles. The van der Waals surface area contributed by atoms with Crippen molar-refractivity contribution in [2.75, 3.05) is 50.2 Å². The molecule has 3 aromatic rings. The van der Waals surface area contributed by atoms with Crippen molar-refractivity contribution in [2.45, 2.75) is 31.7 Å². The van der Waals surface area contributed by atoms with Crippen LogP contribution in [-0.4, -0.2) is 75.6 Å². The minimum atomic E-state index is -0.103. The molecule has 0 aromatic carbocycles. The zero-order valence-corrected chi connectivity index (χ0v) is 20.3. The number of pyridine rings is 1. The highest BCUT2D eigenvalue weighted by Crippen LogP contribution is 2.35. The van der Waals surface area contributed by atoms with E-state index >= 15 is 0 Å². The smallest absolute Gasteiger partial charge is 0.270 e. The number of anilines is 3. The van der Waals surface area contributed by atoms with Crippen LogP contribution in [0.4, 0.5) is 17.5 Å². The Morgan fingerprint density at radius 3 is 2.39 bits per heavy atom. The monoisotopic (exact) mass is 492 g/mol. The van der Waals surface area contributed by atoms with Crippen LogP contribution in [0.1, 0.15) is 42.2 Å². The van der Waals surface area contributed by atoms with Crippen LogP contribution in [0.25, 0.3) is 11.0 Å². The summed E-state index contributed by atoms with van der Waals surface area (Å²) in [6.07, 6.45) is 7.39. The molecule has 3 aromatic heterocycles. The Morgan fingerprint density at radius 1 is 1.03 bits per heavy atom. The van der Waals surface area contributed by atoms with Crippen LogP contribution in [0.15, 0.2) is 41.2 Å². The van der Waals surface area contributed by atoms with Crippen molar-refractivity contribution >= 4 is 34.4 Å². The Labute approximate surface area is 207 Å². The second-order valence-electron chi connectivity index (χ2n) is 9.28. The van der Waals surface area contributed by atoms with Gasteiger partial charge in [-0.05, 0) is 31.0 Å². The molecule has 36 heavy (non-hydrogen) atoms. The van der Waals surface area contributed by atoms with Crippen molar-refractivity contribution in [1.29, 1.82) is 0 Å². The number of carbonyl (C=O) groups is 1. The van der Waals surface area contributed by atoms with E-state index in [-0.39, 0.29) is 23.7 Å². The number of hydrogen-bond acceptors (Lipinski definition) is 9. The first-order chi connectivity index (χ1) is 17.5. The van der Waals surface area contributed by atoms with Gasteiger partial charge in [0.15, 0.2) is 5.82 Å². The summed E-state index contributed by atoms with van der Waals surface area (Å²) in [6, 6.07) is 5.50. The second kappa shape index (κ2) is 9.84. The Kier molecular flexibility index (Phi) is 6.44. The summed E-state index contributed by atoms with van der Waals surface area (Å²) < 4.78 is 1.99. The SMILES string of the molecule is CN(C)C(=O)c1cc2cnc(N(N=O)c3ccc(N4CCN(N=O)CC4)cn3)nc2n1C1CCCC1. The molecule has 0 radical (unpaired) electrons. The van der Waals surface area contributed by atoms with E-state index < -0.39 is 0 Å². The van der Waals surface area contributed by atoms with Gasteiger partial charge in [0.1, 0.15) is 11.3 Å². The molecular formula is C23H28N10O3. The van der Waals surface area contributed by atoms with E-state index in [1.54, 1.807) is 37.5 Å². The van der Waals surface area contributed by atoms with Crippen LogP contribution in [0.3, 0.4) is 0 Å². The van der Waals surface area contributed by atoms with Gasteiger partial charge in [-0.1, -0.05) is 12.8 Å². The number of rotatable bonds is 7. The lowest BCUT2D eigenvalue weighted by atomic mass is 10.2. The molecule has 1 aliphatic carbocycles. The number of piperazine rings is 1. The molecule has 2 aliphatic rings. The molecule has 0 bridgehead atoms. The van der Waals surface area contributed by atoms with Gasteiger partial charge in [0, 0.05) is 44.8 Å². The summed E-state index contributed by atoms with van der Waals surface area (Å²) in [5.41, 5.74) is 2.03. The standard InChI is InChI=1S/C23H28N10O3/c1-29(2)22(34)19-13-16-14-25-23(26-21(16)32(19)17-5-3-4-6-17)33(28-36)20-8-7-18(15-24-20)30-9-11-31(27-35)12-10-30/h7-8,13-15,17H,3-6,9-12H2,1-2H3. The maximum absolute atomic E-state index is 12.9. The molecule has 13 heteroatoms. The van der Waals surface area contributed by atoms with E-state index in [9.17, 15) is 14.6 Å². The summed E-state index contributed by atoms with van der Waals surface area (Å²) in [7, 11) is 3.45. The largest absolute Gasteiger partial charge is 0.367 e. The maximum atomic E-state index is 12.9. The quantitative estimate of drug-likeness (QED) is 0.360. The van der Waals surface area contributed by atoms with Gasteiger partial charge >= 0.3 is 0 Å². The second-order valence-corrected chi connectivity index (χ2v) is 9.28. The molecule has 1 aliphatic heterocycles. The van der Waals surface area contributed by atoms with Gasteiger partial charge in [-0.3, -0.25) is 9.80 Å². The van der Waals surface area contributed by atoms with Gasteiger partial charge < -0.3 is 14.4 Å². The fourth-order valence-electron chi connectivity index (χ4n) is 4.93. The minimum absolute atomic E-state index is 0.0876. The van der Waals surface area contributed by atoms with Gasteiger partial charge in [0.2, 0.25) is 0 Å². The molecule has 2 fully saturated rings. The minimum Gasteiger partial charge on any atom is -0.367 e. The van der Waals surface area contributed by atoms with Gasteiger partial charge in [-0.15, -0.1) is 14.8 Å². The molecule has 0 spiro atoms. The summed E-state index contributed by atoms with van der Waals surface area (Å²) in [4.78, 5) is 52.6. The lowest BCUT2D eigenvalue weighted by Gasteiger charge is -2.32. The predicted octanol–water partition coefficient (Wildman–Crippen LogP) is 3.27. The third-order valence-electron chi connectivity index (χ3n) is 6.84. The van der Waals surface area contributed by atoms with E-state index in [2.05, 4.69) is 30.4 Å². The molecular weight excluding hydrogens is 464 g/mol. The van der Waals surface area contributed by atoms with Crippen molar-refractivity contribution < 1.29 is 4.79 Å². The van der Waals surface area contributed by atoms with Gasteiger partial charge in [-0.25, -0.2) is 9.97 Å². The normalized spacial score (nSPS) is 16.4. The average Bonchev–Trinajstić information content (AvgIpc) is 3.57. The maximum Gasteiger partial charge on any atom is 0.270 e. The number of nitrogens with zero attached hydrogens (tertiary/aromatic N) is 10. The Hall–Kier alpha value is -4.16. The van der Waals surface area contributed by atoms with Crippen molar-refractivity contribution in [2.24, 2.45) is 10.6 Å². The molecule has 188 valence electrons. The Balaban J connectivity index is 1.46. The first kappa shape index (κ1) is 23.6. The molecule has 13 nitrogen and oxygen atoms in total. The van der Waals surface area contributed by atoms with Gasteiger partial charge in [0.25, 0.3) is 11.9 Å². The molecule has 1 saturated carbocycles. The van der Waals surface area contributed by atoms with Crippen molar-refractivity contribution in [1.82, 2.24) is 29.4 Å². The number of hydrogen-bond donors (Lipinski definition) is 0. The Morgan fingerprint density at radius 2 is 1.78 bits per heavy atom. The Bertz CT molecular complexity index is 1260. The lowest BCUT2D eigenvalue weighted by molar-refractivity contribution is 0.0815. The van der Waals surface area contributed by atoms with Crippen LogP contribution in [0, 0.1) is 9.81 Å². The van der Waals surface area contributed by atoms with Gasteiger partial charge in [-0.2, -0.15) is 4.98 Å². The van der Waals surface area contributed by atoms with E-state index in [1.807, 2.05) is 16.7 Å². The predicted molar refractivity (Wildman–Crippen MR) is 135 cm³/mol. The number of nitroso groups, excluding NO2 is 2. The third-order valence-corrected chi connectivity index (χ3v) is 6.84. The van der Waals surface area contributed by atoms with Crippen LogP contribution < -0.4 is 9.91 Å². The van der Waals surface area contributed by atoms with Crippen LogP contribution in [-0.2, 0) is 0 Å². The highest BCUT2D eigenvalue weighted by Gasteiger charge is 2.27. The summed E-state index contributed by atoms with van der Waals surface area (Å²) in [6.45, 7) is 2.38. The number of carbonyl (C=O) groups excluding carboxylic acids is 1. The molecule has 1 amide bonds. The number of amides is 1. The fourth-order valence-corrected chi connectivity index (χ4v) is 4.93. The van der Waals surface area contributed by atoms with E-state index in [0.29, 0.717) is 37.5 Å². The van der Waals surface area contributed by atoms with E-state index in [4.69, 9.17) is 0 Å². The summed E-state index contributed by atoms with van der Waals surface area (Å²) in [5, 5.41) is 9.39. The fraction of sp³-hybridized carbons (Fsp3) is 0.478. The highest BCUT2D eigenvalue weighted by atomic mass is 16.3. The van der Waals surface area contributed by atoms with E-state index in [0.717, 1.165) is 41.8 Å². The molecule has 0 N–H and O–H groups in total. The van der Waals surface area contributed by atoms with Crippen molar-refractivity contribution in [3.8, 4) is 0 Å². The van der Waals surface area contributed by atoms with Crippen LogP contribution >= 0.6 is 0 Å². The van der Waals surface area contributed by atoms with Crippen molar-refractivity contribution in [3.05, 3.63) is 46.1 Å². The van der Waals surface area contributed by atoms with Crippen LogP contribution in [0.5, 0.6) is 0 Å². The van der Waals surface area contributed by atoms with Crippen LogP contribution in [0.2, 0.25) is 0 Å². The van der Waals surface area contributed by atoms with E-state index in [1.165, 1.54) is 5.01 Å². The topological polar surface area (TPSA) is 132 Å². The summed E-state index contributed by atoms with van der Waals surface area (Å²) in [5.74, 6) is 0.267. The molecule has 0 unspecified atom stereocenters. The zero-order valence-electron chi connectivity index (χ0n) is 20.3. The lowest BCUT2D eigenvalue weighted by Crippen LogP contribution is -2.43. The van der Waals surface area contributed by atoms with Gasteiger partial charge in [0.05, 0.1) is 35.5 Å². The zero-order chi connectivity index (χ0) is 25.2. The first-order valence-corrected chi connectivity index (χ1v) is 12.0. The molecule has 5 rings (SSSR count). The first-order valence-electron chi connectivity index (χ1n) is 12.0.